The summed E-state index contributed by atoms with van der Waals surface area (Å²) in [5.74, 6) is -2.02. The van der Waals surface area contributed by atoms with Crippen molar-refractivity contribution in [1.29, 1.82) is 0 Å². The minimum Gasteiger partial charge on any atom is -0.481 e. The van der Waals surface area contributed by atoms with Crippen LogP contribution < -0.4 is 0 Å². The van der Waals surface area contributed by atoms with Crippen LogP contribution in [0.3, 0.4) is 0 Å². The van der Waals surface area contributed by atoms with Gasteiger partial charge in [0.15, 0.2) is 0 Å². The molecular weight excluding hydrogens is 276 g/mol. The molecule has 0 aromatic rings. The van der Waals surface area contributed by atoms with Gasteiger partial charge in [-0.3, -0.25) is 4.79 Å². The lowest BCUT2D eigenvalue weighted by Gasteiger charge is -2.29. The molecule has 1 rings (SSSR count). The summed E-state index contributed by atoms with van der Waals surface area (Å²) in [4.78, 5) is 22.2. The van der Waals surface area contributed by atoms with E-state index in [0.29, 0.717) is 17.3 Å². The Bertz CT molecular complexity index is 383. The molecule has 0 spiro atoms. The normalized spacial score (nSPS) is 24.6. The van der Waals surface area contributed by atoms with Crippen molar-refractivity contribution in [2.75, 3.05) is 5.33 Å². The lowest BCUT2D eigenvalue weighted by Crippen LogP contribution is -2.33. The third-order valence-electron chi connectivity index (χ3n) is 2.65. The van der Waals surface area contributed by atoms with E-state index in [2.05, 4.69) is 15.9 Å². The van der Waals surface area contributed by atoms with E-state index in [9.17, 15) is 14.7 Å². The smallest absolute Gasteiger partial charge is 0.331 e. The Hall–Kier alpha value is -1.10. The van der Waals surface area contributed by atoms with Gasteiger partial charge in [0.1, 0.15) is 0 Å². The van der Waals surface area contributed by atoms with Crippen LogP contribution in [-0.2, 0) is 9.59 Å². The van der Waals surface area contributed by atoms with Gasteiger partial charge in [0.25, 0.3) is 0 Å². The zero-order valence-corrected chi connectivity index (χ0v) is 10.5. The van der Waals surface area contributed by atoms with Crippen LogP contribution >= 0.6 is 15.9 Å². The SMILES string of the molecule is CC1=CC(CCBr)(C(=O)O)CC(C(=O)O)=C1. The molecule has 0 amide bonds. The lowest BCUT2D eigenvalue weighted by molar-refractivity contribution is -0.146. The van der Waals surface area contributed by atoms with Gasteiger partial charge in [-0.2, -0.15) is 0 Å². The maximum atomic E-state index is 11.3. The molecule has 1 unspecified atom stereocenters. The van der Waals surface area contributed by atoms with E-state index in [0.717, 1.165) is 0 Å². The van der Waals surface area contributed by atoms with Crippen molar-refractivity contribution in [2.24, 2.45) is 5.41 Å². The average molecular weight is 289 g/mol. The van der Waals surface area contributed by atoms with Crippen LogP contribution in [0.15, 0.2) is 23.3 Å². The van der Waals surface area contributed by atoms with Crippen LogP contribution in [0.2, 0.25) is 0 Å². The Kier molecular flexibility index (Phi) is 3.91. The molecule has 5 heteroatoms. The Morgan fingerprint density at radius 3 is 2.56 bits per heavy atom. The lowest BCUT2D eigenvalue weighted by atomic mass is 9.74. The minimum absolute atomic E-state index is 0.0423. The molecule has 0 aliphatic heterocycles. The van der Waals surface area contributed by atoms with Gasteiger partial charge < -0.3 is 10.2 Å². The molecule has 1 aliphatic rings. The highest BCUT2D eigenvalue weighted by Gasteiger charge is 2.39. The highest BCUT2D eigenvalue weighted by atomic mass is 79.9. The first-order valence-electron chi connectivity index (χ1n) is 4.84. The van der Waals surface area contributed by atoms with Crippen molar-refractivity contribution >= 4 is 27.9 Å². The van der Waals surface area contributed by atoms with E-state index in [4.69, 9.17) is 5.11 Å². The van der Waals surface area contributed by atoms with Crippen molar-refractivity contribution in [3.8, 4) is 0 Å². The number of hydrogen-bond donors (Lipinski definition) is 2. The number of alkyl halides is 1. The fourth-order valence-corrected chi connectivity index (χ4v) is 2.61. The predicted molar refractivity (Wildman–Crippen MR) is 62.6 cm³/mol. The first-order valence-corrected chi connectivity index (χ1v) is 5.96. The highest BCUT2D eigenvalue weighted by molar-refractivity contribution is 9.09. The number of aliphatic carboxylic acids is 2. The van der Waals surface area contributed by atoms with Gasteiger partial charge in [0, 0.05) is 10.9 Å². The number of rotatable bonds is 4. The van der Waals surface area contributed by atoms with E-state index >= 15 is 0 Å². The monoisotopic (exact) mass is 288 g/mol. The largest absolute Gasteiger partial charge is 0.481 e. The van der Waals surface area contributed by atoms with E-state index in [-0.39, 0.29) is 12.0 Å². The van der Waals surface area contributed by atoms with Crippen LogP contribution in [0.4, 0.5) is 0 Å². The zero-order chi connectivity index (χ0) is 12.3. The zero-order valence-electron chi connectivity index (χ0n) is 8.86. The molecule has 88 valence electrons. The molecule has 0 aromatic carbocycles. The molecule has 1 aliphatic carbocycles. The molecule has 2 N–H and O–H groups in total. The molecule has 16 heavy (non-hydrogen) atoms. The Balaban J connectivity index is 3.12. The van der Waals surface area contributed by atoms with Gasteiger partial charge in [-0.1, -0.05) is 27.6 Å². The number of carbonyl (C=O) groups is 2. The van der Waals surface area contributed by atoms with E-state index < -0.39 is 17.4 Å². The number of carboxylic acid groups (broad SMARTS) is 2. The molecular formula is C11H13BrO4. The fourth-order valence-electron chi connectivity index (χ4n) is 1.91. The molecule has 0 bridgehead atoms. The minimum atomic E-state index is -1.09. The average Bonchev–Trinajstić information content (AvgIpc) is 2.16. The van der Waals surface area contributed by atoms with Crippen LogP contribution in [0.25, 0.3) is 0 Å². The summed E-state index contributed by atoms with van der Waals surface area (Å²) in [5, 5.41) is 18.7. The summed E-state index contributed by atoms with van der Waals surface area (Å²) < 4.78 is 0. The first-order chi connectivity index (χ1) is 7.41. The van der Waals surface area contributed by atoms with Crippen molar-refractivity contribution in [1.82, 2.24) is 0 Å². The number of hydrogen-bond acceptors (Lipinski definition) is 2. The Morgan fingerprint density at radius 2 is 2.12 bits per heavy atom. The summed E-state index contributed by atoms with van der Waals surface area (Å²) in [5.41, 5.74) is -0.244. The van der Waals surface area contributed by atoms with Gasteiger partial charge in [0.2, 0.25) is 0 Å². The van der Waals surface area contributed by atoms with E-state index in [1.54, 1.807) is 13.0 Å². The number of allylic oxidation sites excluding steroid dienone is 2. The maximum absolute atomic E-state index is 11.3. The third-order valence-corrected chi connectivity index (χ3v) is 3.05. The molecule has 0 saturated carbocycles. The van der Waals surface area contributed by atoms with Gasteiger partial charge >= 0.3 is 11.9 Å². The number of halogens is 1. The van der Waals surface area contributed by atoms with Crippen LogP contribution in [0.1, 0.15) is 19.8 Å². The molecule has 1 atom stereocenters. The summed E-state index contributed by atoms with van der Waals surface area (Å²) in [6, 6.07) is 0. The molecule has 0 heterocycles. The summed E-state index contributed by atoms with van der Waals surface area (Å²) in [7, 11) is 0. The highest BCUT2D eigenvalue weighted by Crippen LogP contribution is 2.38. The van der Waals surface area contributed by atoms with Gasteiger partial charge in [-0.05, 0) is 25.8 Å². The van der Waals surface area contributed by atoms with Gasteiger partial charge in [-0.25, -0.2) is 4.79 Å². The molecule has 0 fully saturated rings. The van der Waals surface area contributed by atoms with Crippen molar-refractivity contribution in [3.05, 3.63) is 23.3 Å². The van der Waals surface area contributed by atoms with E-state index in [1.165, 1.54) is 6.08 Å². The molecule has 0 aromatic heterocycles. The molecule has 4 nitrogen and oxygen atoms in total. The van der Waals surface area contributed by atoms with Crippen LogP contribution in [0, 0.1) is 5.41 Å². The summed E-state index contributed by atoms with van der Waals surface area (Å²) in [6.07, 6.45) is 3.59. The van der Waals surface area contributed by atoms with Crippen LogP contribution in [-0.4, -0.2) is 27.5 Å². The first kappa shape index (κ1) is 13.0. The Morgan fingerprint density at radius 1 is 1.50 bits per heavy atom. The van der Waals surface area contributed by atoms with E-state index in [1.807, 2.05) is 0 Å². The number of carboxylic acids is 2. The van der Waals surface area contributed by atoms with Crippen molar-refractivity contribution < 1.29 is 19.8 Å². The van der Waals surface area contributed by atoms with Crippen LogP contribution in [0.5, 0.6) is 0 Å². The summed E-state index contributed by atoms with van der Waals surface area (Å²) in [6.45, 7) is 1.72. The Labute approximate surface area is 102 Å². The maximum Gasteiger partial charge on any atom is 0.331 e. The van der Waals surface area contributed by atoms with Crippen molar-refractivity contribution in [2.45, 2.75) is 19.8 Å². The topological polar surface area (TPSA) is 74.6 Å². The second-order valence-corrected chi connectivity index (χ2v) is 4.73. The standard InChI is InChI=1S/C11H13BrO4/c1-7-4-8(9(13)14)6-11(5-7,2-3-12)10(15)16/h4-5H,2-3,6H2,1H3,(H,13,14)(H,15,16). The second-order valence-electron chi connectivity index (χ2n) is 3.94. The summed E-state index contributed by atoms with van der Waals surface area (Å²) >= 11 is 3.21. The predicted octanol–water partition coefficient (Wildman–Crippen LogP) is 2.20. The molecule has 0 saturated heterocycles. The van der Waals surface area contributed by atoms with Gasteiger partial charge in [0.05, 0.1) is 5.41 Å². The fraction of sp³-hybridized carbons (Fsp3) is 0.455. The molecule has 0 radical (unpaired) electrons. The van der Waals surface area contributed by atoms with Crippen molar-refractivity contribution in [3.63, 3.8) is 0 Å². The third kappa shape index (κ3) is 2.52. The quantitative estimate of drug-likeness (QED) is 0.778. The van der Waals surface area contributed by atoms with Gasteiger partial charge in [-0.15, -0.1) is 0 Å². The second kappa shape index (κ2) is 4.82.